The van der Waals surface area contributed by atoms with Crippen LogP contribution < -0.4 is 5.32 Å². The number of nitrogens with one attached hydrogen (secondary N) is 1. The van der Waals surface area contributed by atoms with Crippen molar-refractivity contribution in [3.63, 3.8) is 0 Å². The van der Waals surface area contributed by atoms with Gasteiger partial charge in [0.2, 0.25) is 0 Å². The molecular formula is C14H16ClFN2. The Morgan fingerprint density at radius 3 is 2.83 bits per heavy atom. The summed E-state index contributed by atoms with van der Waals surface area (Å²) in [7, 11) is 1.93. The number of aromatic nitrogens is 1. The molecular weight excluding hydrogens is 251 g/mol. The lowest BCUT2D eigenvalue weighted by atomic mass is 10.2. The number of halogens is 2. The molecule has 0 amide bonds. The first-order valence-corrected chi connectivity index (χ1v) is 6.25. The predicted octanol–water partition coefficient (Wildman–Crippen LogP) is 3.61. The van der Waals surface area contributed by atoms with Gasteiger partial charge in [0, 0.05) is 30.0 Å². The van der Waals surface area contributed by atoms with Gasteiger partial charge in [-0.05, 0) is 43.3 Å². The van der Waals surface area contributed by atoms with E-state index in [1.807, 2.05) is 17.8 Å². The second kappa shape index (κ2) is 5.55. The van der Waals surface area contributed by atoms with Crippen LogP contribution in [0.2, 0.25) is 5.02 Å². The van der Waals surface area contributed by atoms with Crippen LogP contribution in [0.1, 0.15) is 24.1 Å². The molecule has 0 fully saturated rings. The molecule has 0 saturated carbocycles. The number of rotatable bonds is 4. The number of benzene rings is 1. The summed E-state index contributed by atoms with van der Waals surface area (Å²) in [6.07, 6.45) is 4.07. The van der Waals surface area contributed by atoms with Gasteiger partial charge in [0.05, 0.1) is 0 Å². The predicted molar refractivity (Wildman–Crippen MR) is 72.4 cm³/mol. The molecule has 1 aromatic carbocycles. The molecule has 0 aliphatic rings. The first-order chi connectivity index (χ1) is 8.60. The fourth-order valence-electron chi connectivity index (χ4n) is 1.83. The Labute approximate surface area is 111 Å². The largest absolute Gasteiger partial charge is 0.350 e. The highest BCUT2D eigenvalue weighted by molar-refractivity contribution is 6.31. The van der Waals surface area contributed by atoms with Crippen LogP contribution in [-0.2, 0) is 6.54 Å². The molecule has 2 rings (SSSR count). The van der Waals surface area contributed by atoms with E-state index in [1.165, 1.54) is 17.7 Å². The number of hydrogen-bond acceptors (Lipinski definition) is 1. The summed E-state index contributed by atoms with van der Waals surface area (Å²) in [4.78, 5) is 0. The van der Waals surface area contributed by atoms with Crippen molar-refractivity contribution in [2.45, 2.75) is 19.5 Å². The van der Waals surface area contributed by atoms with E-state index in [0.717, 1.165) is 5.56 Å². The molecule has 2 aromatic rings. The Bertz CT molecular complexity index is 536. The standard InChI is InChI=1S/C14H16ClFN2/c1-10(17-2)11-5-6-18(8-11)9-12-3-4-13(16)7-14(12)15/h3-8,10,17H,9H2,1-2H3. The van der Waals surface area contributed by atoms with E-state index in [4.69, 9.17) is 11.6 Å². The second-order valence-corrected chi connectivity index (χ2v) is 4.77. The van der Waals surface area contributed by atoms with E-state index in [9.17, 15) is 4.39 Å². The van der Waals surface area contributed by atoms with Crippen LogP contribution in [0.4, 0.5) is 4.39 Å². The van der Waals surface area contributed by atoms with Crippen LogP contribution in [0.3, 0.4) is 0 Å². The van der Waals surface area contributed by atoms with Gasteiger partial charge in [0.25, 0.3) is 0 Å². The summed E-state index contributed by atoms with van der Waals surface area (Å²) < 4.78 is 15.0. The highest BCUT2D eigenvalue weighted by Crippen LogP contribution is 2.19. The monoisotopic (exact) mass is 266 g/mol. The Kier molecular flexibility index (Phi) is 4.04. The first kappa shape index (κ1) is 13.1. The van der Waals surface area contributed by atoms with Crippen LogP contribution in [0.15, 0.2) is 36.7 Å². The summed E-state index contributed by atoms with van der Waals surface area (Å²) in [6, 6.07) is 6.88. The average molecular weight is 267 g/mol. The summed E-state index contributed by atoms with van der Waals surface area (Å²) in [5, 5.41) is 3.65. The molecule has 0 aliphatic heterocycles. The van der Waals surface area contributed by atoms with E-state index in [2.05, 4.69) is 24.5 Å². The van der Waals surface area contributed by atoms with Gasteiger partial charge in [0.15, 0.2) is 0 Å². The van der Waals surface area contributed by atoms with E-state index in [1.54, 1.807) is 6.07 Å². The zero-order chi connectivity index (χ0) is 13.1. The molecule has 1 atom stereocenters. The van der Waals surface area contributed by atoms with Crippen LogP contribution in [0.25, 0.3) is 0 Å². The Morgan fingerprint density at radius 2 is 2.17 bits per heavy atom. The molecule has 18 heavy (non-hydrogen) atoms. The van der Waals surface area contributed by atoms with Gasteiger partial charge >= 0.3 is 0 Å². The minimum atomic E-state index is -0.305. The maximum absolute atomic E-state index is 12.9. The van der Waals surface area contributed by atoms with Crippen LogP contribution >= 0.6 is 11.6 Å². The minimum absolute atomic E-state index is 0.305. The molecule has 2 nitrogen and oxygen atoms in total. The number of hydrogen-bond donors (Lipinski definition) is 1. The molecule has 0 saturated heterocycles. The first-order valence-electron chi connectivity index (χ1n) is 5.87. The average Bonchev–Trinajstić information content (AvgIpc) is 2.80. The summed E-state index contributed by atoms with van der Waals surface area (Å²) in [5.74, 6) is -0.305. The van der Waals surface area contributed by atoms with E-state index >= 15 is 0 Å². The maximum atomic E-state index is 12.9. The van der Waals surface area contributed by atoms with Gasteiger partial charge in [-0.3, -0.25) is 0 Å². The molecule has 96 valence electrons. The van der Waals surface area contributed by atoms with Crippen molar-refractivity contribution in [3.05, 3.63) is 58.6 Å². The van der Waals surface area contributed by atoms with Crippen molar-refractivity contribution < 1.29 is 4.39 Å². The topological polar surface area (TPSA) is 17.0 Å². The lowest BCUT2D eigenvalue weighted by molar-refractivity contribution is 0.626. The molecule has 1 N–H and O–H groups in total. The van der Waals surface area contributed by atoms with Crippen molar-refractivity contribution in [2.24, 2.45) is 0 Å². The smallest absolute Gasteiger partial charge is 0.124 e. The van der Waals surface area contributed by atoms with Crippen molar-refractivity contribution in [1.29, 1.82) is 0 Å². The van der Waals surface area contributed by atoms with E-state index < -0.39 is 0 Å². The SMILES string of the molecule is CNC(C)c1ccn(Cc2ccc(F)cc2Cl)c1. The van der Waals surface area contributed by atoms with Crippen LogP contribution in [-0.4, -0.2) is 11.6 Å². The fourth-order valence-corrected chi connectivity index (χ4v) is 2.05. The fraction of sp³-hybridized carbons (Fsp3) is 0.286. The zero-order valence-electron chi connectivity index (χ0n) is 10.5. The summed E-state index contributed by atoms with van der Waals surface area (Å²) in [6.45, 7) is 2.75. The lowest BCUT2D eigenvalue weighted by Crippen LogP contribution is -2.11. The normalized spacial score (nSPS) is 12.7. The molecule has 0 bridgehead atoms. The molecule has 0 spiro atoms. The van der Waals surface area contributed by atoms with Gasteiger partial charge < -0.3 is 9.88 Å². The third kappa shape index (κ3) is 2.92. The van der Waals surface area contributed by atoms with Crippen LogP contribution in [0, 0.1) is 5.82 Å². The Balaban J connectivity index is 2.16. The summed E-state index contributed by atoms with van der Waals surface area (Å²) >= 11 is 6.01. The van der Waals surface area contributed by atoms with Crippen molar-refractivity contribution in [1.82, 2.24) is 9.88 Å². The van der Waals surface area contributed by atoms with Gasteiger partial charge in [-0.1, -0.05) is 17.7 Å². The van der Waals surface area contributed by atoms with Crippen molar-refractivity contribution in [2.75, 3.05) is 7.05 Å². The van der Waals surface area contributed by atoms with Crippen molar-refractivity contribution >= 4 is 11.6 Å². The minimum Gasteiger partial charge on any atom is -0.350 e. The Morgan fingerprint density at radius 1 is 1.39 bits per heavy atom. The molecule has 0 radical (unpaired) electrons. The van der Waals surface area contributed by atoms with E-state index in [0.29, 0.717) is 17.6 Å². The molecule has 1 aromatic heterocycles. The highest BCUT2D eigenvalue weighted by Gasteiger charge is 2.06. The third-order valence-corrected chi connectivity index (χ3v) is 3.43. The lowest BCUT2D eigenvalue weighted by Gasteiger charge is -2.08. The molecule has 0 aliphatic carbocycles. The molecule has 1 unspecified atom stereocenters. The quantitative estimate of drug-likeness (QED) is 0.895. The highest BCUT2D eigenvalue weighted by atomic mass is 35.5. The van der Waals surface area contributed by atoms with Gasteiger partial charge in [-0.15, -0.1) is 0 Å². The van der Waals surface area contributed by atoms with Crippen LogP contribution in [0.5, 0.6) is 0 Å². The number of nitrogens with zero attached hydrogens (tertiary/aromatic N) is 1. The van der Waals surface area contributed by atoms with Gasteiger partial charge in [-0.25, -0.2) is 4.39 Å². The molecule has 1 heterocycles. The molecule has 4 heteroatoms. The van der Waals surface area contributed by atoms with E-state index in [-0.39, 0.29) is 5.82 Å². The maximum Gasteiger partial charge on any atom is 0.124 e. The van der Waals surface area contributed by atoms with Gasteiger partial charge in [-0.2, -0.15) is 0 Å². The Hall–Kier alpha value is -1.32. The zero-order valence-corrected chi connectivity index (χ0v) is 11.2. The van der Waals surface area contributed by atoms with Gasteiger partial charge in [0.1, 0.15) is 5.82 Å². The summed E-state index contributed by atoms with van der Waals surface area (Å²) in [5.41, 5.74) is 2.13. The third-order valence-electron chi connectivity index (χ3n) is 3.07. The van der Waals surface area contributed by atoms with Crippen molar-refractivity contribution in [3.8, 4) is 0 Å². The second-order valence-electron chi connectivity index (χ2n) is 4.36.